The number of carboxylic acid groups (broad SMARTS) is 1. The fourth-order valence-corrected chi connectivity index (χ4v) is 7.20. The van der Waals surface area contributed by atoms with Gasteiger partial charge in [0.25, 0.3) is 10.1 Å². The van der Waals surface area contributed by atoms with Crippen molar-refractivity contribution < 1.29 is 22.9 Å². The molecule has 0 unspecified atom stereocenters. The van der Waals surface area contributed by atoms with Crippen molar-refractivity contribution >= 4 is 55.3 Å². The zero-order chi connectivity index (χ0) is 32.7. The number of hydrogen-bond donors (Lipinski definition) is 2. The minimum Gasteiger partial charge on any atom is -0.478 e. The molecule has 9 heteroatoms. The molecular weight excluding hydrogens is 611 g/mol. The number of aliphatic carboxylic acids is 1. The van der Waals surface area contributed by atoms with Gasteiger partial charge in [-0.3, -0.25) is 4.55 Å². The SMILES string of the molecule is Cc1ccc2c3cc(N4CCc5cc(C=CC6=CC=C(C(=O)O)CN6CCCS(=O)(=O)O)ccc54)ccc3n(-c3ccccc3)c2c1. The van der Waals surface area contributed by atoms with E-state index in [1.807, 2.05) is 23.1 Å². The maximum Gasteiger partial charge on any atom is 0.333 e. The maximum absolute atomic E-state index is 11.6. The van der Waals surface area contributed by atoms with Gasteiger partial charge in [-0.2, -0.15) is 8.42 Å². The van der Waals surface area contributed by atoms with E-state index in [1.165, 1.54) is 38.6 Å². The summed E-state index contributed by atoms with van der Waals surface area (Å²) < 4.78 is 33.9. The molecule has 2 aliphatic rings. The minimum atomic E-state index is -4.09. The molecule has 47 heavy (non-hydrogen) atoms. The summed E-state index contributed by atoms with van der Waals surface area (Å²) in [5, 5.41) is 11.9. The third kappa shape index (κ3) is 6.19. The topological polar surface area (TPSA) is 103 Å². The van der Waals surface area contributed by atoms with Crippen LogP contribution < -0.4 is 4.90 Å². The summed E-state index contributed by atoms with van der Waals surface area (Å²) >= 11 is 0. The molecule has 0 amide bonds. The van der Waals surface area contributed by atoms with E-state index in [0.29, 0.717) is 6.54 Å². The highest BCUT2D eigenvalue weighted by Crippen LogP contribution is 2.40. The Bertz CT molecular complexity index is 2230. The predicted octanol–water partition coefficient (Wildman–Crippen LogP) is 7.29. The molecule has 5 aromatic rings. The Balaban J connectivity index is 1.16. The van der Waals surface area contributed by atoms with Crippen molar-refractivity contribution in [2.45, 2.75) is 19.8 Å². The molecule has 238 valence electrons. The number of fused-ring (bicyclic) bond motifs is 4. The van der Waals surface area contributed by atoms with Gasteiger partial charge in [-0.25, -0.2) is 4.79 Å². The molecule has 0 spiro atoms. The van der Waals surface area contributed by atoms with Crippen molar-refractivity contribution in [3.8, 4) is 5.69 Å². The van der Waals surface area contributed by atoms with Gasteiger partial charge in [-0.1, -0.05) is 42.5 Å². The average Bonchev–Trinajstić information content (AvgIpc) is 3.61. The van der Waals surface area contributed by atoms with Crippen LogP contribution in [0.1, 0.15) is 23.1 Å². The third-order valence-corrected chi connectivity index (χ3v) is 9.77. The van der Waals surface area contributed by atoms with Gasteiger partial charge in [0.2, 0.25) is 0 Å². The fraction of sp³-hybridized carbons (Fsp3) is 0.184. The molecule has 0 saturated carbocycles. The van der Waals surface area contributed by atoms with Crippen LogP contribution in [0.4, 0.5) is 11.4 Å². The van der Waals surface area contributed by atoms with Crippen LogP contribution in [0.5, 0.6) is 0 Å². The molecule has 2 aliphatic heterocycles. The first-order valence-electron chi connectivity index (χ1n) is 15.7. The maximum atomic E-state index is 11.6. The van der Waals surface area contributed by atoms with Gasteiger partial charge < -0.3 is 19.5 Å². The number of carboxylic acids is 1. The number of benzene rings is 4. The quantitative estimate of drug-likeness (QED) is 0.162. The smallest absolute Gasteiger partial charge is 0.333 e. The normalized spacial score (nSPS) is 15.0. The summed E-state index contributed by atoms with van der Waals surface area (Å²) in [6.45, 7) is 3.46. The van der Waals surface area contributed by atoms with E-state index in [-0.39, 0.29) is 24.3 Å². The Morgan fingerprint density at radius 1 is 0.872 bits per heavy atom. The van der Waals surface area contributed by atoms with Crippen molar-refractivity contribution in [2.24, 2.45) is 0 Å². The van der Waals surface area contributed by atoms with Gasteiger partial charge in [-0.05, 0) is 103 Å². The Kier molecular flexibility index (Phi) is 7.95. The molecule has 7 rings (SSSR count). The van der Waals surface area contributed by atoms with E-state index in [1.54, 1.807) is 12.2 Å². The molecule has 0 aliphatic carbocycles. The van der Waals surface area contributed by atoms with E-state index in [0.717, 1.165) is 35.6 Å². The number of aromatic nitrogens is 1. The van der Waals surface area contributed by atoms with Gasteiger partial charge in [0.1, 0.15) is 0 Å². The Morgan fingerprint density at radius 3 is 2.49 bits per heavy atom. The van der Waals surface area contributed by atoms with E-state index in [4.69, 9.17) is 4.55 Å². The van der Waals surface area contributed by atoms with E-state index in [2.05, 4.69) is 95.3 Å². The van der Waals surface area contributed by atoms with Crippen LogP contribution in [-0.4, -0.2) is 58.9 Å². The minimum absolute atomic E-state index is 0.157. The summed E-state index contributed by atoms with van der Waals surface area (Å²) in [4.78, 5) is 15.8. The first-order valence-corrected chi connectivity index (χ1v) is 17.3. The van der Waals surface area contributed by atoms with Crippen LogP contribution in [0.15, 0.2) is 114 Å². The number of rotatable bonds is 9. The highest BCUT2D eigenvalue weighted by atomic mass is 32.2. The zero-order valence-corrected chi connectivity index (χ0v) is 26.8. The first kappa shape index (κ1) is 30.5. The Hall–Kier alpha value is -5.12. The van der Waals surface area contributed by atoms with Crippen LogP contribution in [0.3, 0.4) is 0 Å². The summed E-state index contributed by atoms with van der Waals surface area (Å²) in [6.07, 6.45) is 8.33. The molecule has 8 nitrogen and oxygen atoms in total. The second-order valence-corrected chi connectivity index (χ2v) is 13.7. The number of nitrogens with zero attached hydrogens (tertiary/aromatic N) is 3. The Labute approximate surface area is 273 Å². The number of allylic oxidation sites excluding steroid dienone is 3. The third-order valence-electron chi connectivity index (χ3n) is 8.96. The summed E-state index contributed by atoms with van der Waals surface area (Å²) in [5.74, 6) is -1.39. The standard InChI is InChI=1S/C38H35N3O5S/c1-26-8-15-33-34-24-32(14-17-36(34)41(37(33)22-26)31-6-3-2-4-7-31)40-20-18-28-23-27(10-16-35(28)40)9-12-30-13-11-29(38(42)43)25-39(30)19-5-21-47(44,45)46/h2-4,6-17,22-24H,5,18-21,25H2,1H3,(H,42,43)(H,44,45,46). The predicted molar refractivity (Wildman–Crippen MR) is 188 cm³/mol. The van der Waals surface area contributed by atoms with Crippen LogP contribution in [0.25, 0.3) is 33.6 Å². The zero-order valence-electron chi connectivity index (χ0n) is 26.0. The molecule has 3 heterocycles. The second kappa shape index (κ2) is 12.2. The summed E-state index contributed by atoms with van der Waals surface area (Å²) in [5.41, 5.74) is 10.4. The number of para-hydroxylation sites is 1. The van der Waals surface area contributed by atoms with Crippen molar-refractivity contribution in [3.05, 3.63) is 131 Å². The largest absolute Gasteiger partial charge is 0.478 e. The number of carbonyl (C=O) groups is 1. The fourth-order valence-electron chi connectivity index (χ4n) is 6.70. The molecule has 0 saturated heterocycles. The molecule has 1 aromatic heterocycles. The van der Waals surface area contributed by atoms with Gasteiger partial charge in [0.15, 0.2) is 0 Å². The molecular formula is C38H35N3O5S. The van der Waals surface area contributed by atoms with E-state index < -0.39 is 16.1 Å². The van der Waals surface area contributed by atoms with Gasteiger partial charge in [0.05, 0.1) is 28.9 Å². The molecule has 4 aromatic carbocycles. The van der Waals surface area contributed by atoms with Crippen molar-refractivity contribution in [1.29, 1.82) is 0 Å². The van der Waals surface area contributed by atoms with Crippen LogP contribution in [0, 0.1) is 6.92 Å². The highest BCUT2D eigenvalue weighted by Gasteiger charge is 2.23. The lowest BCUT2D eigenvalue weighted by Crippen LogP contribution is -2.31. The molecule has 0 bridgehead atoms. The van der Waals surface area contributed by atoms with E-state index >= 15 is 0 Å². The second-order valence-electron chi connectivity index (χ2n) is 12.2. The van der Waals surface area contributed by atoms with Crippen molar-refractivity contribution in [1.82, 2.24) is 9.47 Å². The summed E-state index contributed by atoms with van der Waals surface area (Å²) in [6, 6.07) is 30.3. The molecule has 0 fully saturated rings. The number of hydrogen-bond acceptors (Lipinski definition) is 5. The highest BCUT2D eigenvalue weighted by molar-refractivity contribution is 7.85. The lowest BCUT2D eigenvalue weighted by molar-refractivity contribution is -0.132. The van der Waals surface area contributed by atoms with Crippen molar-refractivity contribution in [2.75, 3.05) is 30.3 Å². The first-order chi connectivity index (χ1) is 22.6. The van der Waals surface area contributed by atoms with Crippen LogP contribution in [0.2, 0.25) is 0 Å². The van der Waals surface area contributed by atoms with Gasteiger partial charge >= 0.3 is 5.97 Å². The lowest BCUT2D eigenvalue weighted by Gasteiger charge is -2.28. The monoisotopic (exact) mass is 645 g/mol. The molecule has 2 N–H and O–H groups in total. The Morgan fingerprint density at radius 2 is 1.70 bits per heavy atom. The summed E-state index contributed by atoms with van der Waals surface area (Å²) in [7, 11) is -4.09. The van der Waals surface area contributed by atoms with Crippen LogP contribution in [-0.2, 0) is 21.3 Å². The molecule has 0 atom stereocenters. The van der Waals surface area contributed by atoms with Crippen molar-refractivity contribution in [3.63, 3.8) is 0 Å². The van der Waals surface area contributed by atoms with E-state index in [9.17, 15) is 18.3 Å². The van der Waals surface area contributed by atoms with Gasteiger partial charge in [0, 0.05) is 46.6 Å². The molecule has 0 radical (unpaired) electrons. The average molecular weight is 646 g/mol. The lowest BCUT2D eigenvalue weighted by atomic mass is 10.1. The number of aryl methyl sites for hydroxylation is 1. The number of anilines is 2. The van der Waals surface area contributed by atoms with Gasteiger partial charge in [-0.15, -0.1) is 0 Å². The van der Waals surface area contributed by atoms with Crippen LogP contribution >= 0.6 is 0 Å².